The van der Waals surface area contributed by atoms with Crippen LogP contribution in [0, 0.1) is 13.8 Å². The maximum Gasteiger partial charge on any atom is 0.242 e. The lowest BCUT2D eigenvalue weighted by molar-refractivity contribution is -0.115. The van der Waals surface area contributed by atoms with Crippen molar-refractivity contribution in [2.45, 2.75) is 30.9 Å². The van der Waals surface area contributed by atoms with Gasteiger partial charge in [-0.05, 0) is 43.2 Å². The van der Waals surface area contributed by atoms with Crippen LogP contribution >= 0.6 is 11.8 Å². The molecule has 1 atom stereocenters. The normalized spacial score (nSPS) is 11.7. The summed E-state index contributed by atoms with van der Waals surface area (Å²) < 4.78 is 5.84. The molecule has 0 saturated heterocycles. The molecule has 0 aliphatic rings. The minimum absolute atomic E-state index is 0.132. The number of para-hydroxylation sites is 1. The Bertz CT molecular complexity index is 1180. The number of rotatable bonds is 8. The second-order valence-corrected chi connectivity index (χ2v) is 8.45. The van der Waals surface area contributed by atoms with Crippen molar-refractivity contribution in [1.29, 1.82) is 0 Å². The van der Waals surface area contributed by atoms with E-state index in [1.54, 1.807) is 0 Å². The van der Waals surface area contributed by atoms with E-state index in [1.165, 1.54) is 11.8 Å². The number of nitrogens with one attached hydrogen (secondary N) is 2. The fourth-order valence-corrected chi connectivity index (χ4v) is 4.04. The Morgan fingerprint density at radius 3 is 2.47 bits per heavy atom. The van der Waals surface area contributed by atoms with Gasteiger partial charge in [-0.15, -0.1) is 5.10 Å². The number of hydrogen-bond donors (Lipinski definition) is 2. The molecule has 3 aromatic carbocycles. The molecule has 0 saturated carbocycles. The number of hydrogen-bond acceptors (Lipinski definition) is 5. The molecule has 7 heteroatoms. The maximum atomic E-state index is 13.1. The zero-order chi connectivity index (χ0) is 22.3. The number of anilines is 1. The highest BCUT2D eigenvalue weighted by Crippen LogP contribution is 2.34. The number of nitrogens with zero attached hydrogens (tertiary/aromatic N) is 2. The summed E-state index contributed by atoms with van der Waals surface area (Å²) in [5, 5.41) is 10.2. The first-order valence-electron chi connectivity index (χ1n) is 10.3. The van der Waals surface area contributed by atoms with E-state index in [4.69, 9.17) is 4.74 Å². The average molecular weight is 445 g/mol. The molecule has 0 aliphatic heterocycles. The number of carbonyl (C=O) groups is 1. The molecule has 0 radical (unpaired) electrons. The number of H-pyrrole nitrogens is 1. The van der Waals surface area contributed by atoms with Gasteiger partial charge in [-0.3, -0.25) is 9.89 Å². The minimum atomic E-state index is -0.501. The number of amides is 1. The Labute approximate surface area is 191 Å². The minimum Gasteiger partial charge on any atom is -0.485 e. The van der Waals surface area contributed by atoms with Crippen LogP contribution in [0.2, 0.25) is 0 Å². The summed E-state index contributed by atoms with van der Waals surface area (Å²) >= 11 is 1.30. The van der Waals surface area contributed by atoms with Crippen LogP contribution < -0.4 is 10.1 Å². The van der Waals surface area contributed by atoms with E-state index >= 15 is 0 Å². The monoisotopic (exact) mass is 444 g/mol. The molecule has 1 aromatic heterocycles. The van der Waals surface area contributed by atoms with Crippen LogP contribution in [0.25, 0.3) is 0 Å². The van der Waals surface area contributed by atoms with E-state index in [0.717, 1.165) is 28.1 Å². The molecular formula is C25H24N4O2S. The van der Waals surface area contributed by atoms with Crippen LogP contribution in [0.5, 0.6) is 5.75 Å². The number of carbonyl (C=O) groups excluding carboxylic acids is 1. The molecule has 1 amide bonds. The summed E-state index contributed by atoms with van der Waals surface area (Å²) in [7, 11) is 0. The third-order valence-electron chi connectivity index (χ3n) is 4.85. The van der Waals surface area contributed by atoms with Crippen molar-refractivity contribution >= 4 is 23.4 Å². The molecule has 0 bridgehead atoms. The standard InChI is InChI=1S/C25H24N4O2S/c1-17-12-14-20(15-13-17)26-24(30)23(19-9-4-3-5-10-19)32-25-27-22(28-29-25)16-31-21-11-7-6-8-18(21)2/h3-15,23H,16H2,1-2H3,(H,26,30)(H,27,28,29)/t23-/m1/s1. The average Bonchev–Trinajstić information content (AvgIpc) is 3.26. The number of aryl methyl sites for hydroxylation is 2. The van der Waals surface area contributed by atoms with E-state index in [0.29, 0.717) is 11.0 Å². The molecule has 162 valence electrons. The number of benzene rings is 3. The highest BCUT2D eigenvalue weighted by molar-refractivity contribution is 8.00. The number of aromatic amines is 1. The summed E-state index contributed by atoms with van der Waals surface area (Å²) in [5.74, 6) is 1.27. The van der Waals surface area contributed by atoms with E-state index < -0.39 is 5.25 Å². The summed E-state index contributed by atoms with van der Waals surface area (Å²) in [4.78, 5) is 17.6. The van der Waals surface area contributed by atoms with Gasteiger partial charge in [0.2, 0.25) is 11.1 Å². The molecule has 0 aliphatic carbocycles. The molecule has 0 unspecified atom stereocenters. The van der Waals surface area contributed by atoms with Crippen molar-refractivity contribution in [1.82, 2.24) is 15.2 Å². The largest absolute Gasteiger partial charge is 0.485 e. The Balaban J connectivity index is 1.47. The first-order valence-corrected chi connectivity index (χ1v) is 11.2. The van der Waals surface area contributed by atoms with Crippen molar-refractivity contribution in [3.63, 3.8) is 0 Å². The van der Waals surface area contributed by atoms with Crippen LogP contribution in [-0.4, -0.2) is 21.1 Å². The first-order chi connectivity index (χ1) is 15.6. The molecule has 2 N–H and O–H groups in total. The lowest BCUT2D eigenvalue weighted by Gasteiger charge is -2.15. The van der Waals surface area contributed by atoms with Crippen LogP contribution in [-0.2, 0) is 11.4 Å². The quantitative estimate of drug-likeness (QED) is 0.352. The number of thioether (sulfide) groups is 1. The van der Waals surface area contributed by atoms with Gasteiger partial charge in [0.05, 0.1) is 0 Å². The van der Waals surface area contributed by atoms with Crippen molar-refractivity contribution in [2.24, 2.45) is 0 Å². The van der Waals surface area contributed by atoms with Gasteiger partial charge in [0.1, 0.15) is 17.6 Å². The topological polar surface area (TPSA) is 79.9 Å². The maximum absolute atomic E-state index is 13.1. The third kappa shape index (κ3) is 5.56. The Morgan fingerprint density at radius 1 is 1.00 bits per heavy atom. The highest BCUT2D eigenvalue weighted by Gasteiger charge is 2.24. The molecule has 32 heavy (non-hydrogen) atoms. The van der Waals surface area contributed by atoms with Crippen molar-refractivity contribution in [3.05, 3.63) is 101 Å². The predicted molar refractivity (Wildman–Crippen MR) is 127 cm³/mol. The molecule has 4 rings (SSSR count). The Morgan fingerprint density at radius 2 is 1.72 bits per heavy atom. The summed E-state index contributed by atoms with van der Waals surface area (Å²) in [5.41, 5.74) is 3.82. The fourth-order valence-electron chi connectivity index (χ4n) is 3.11. The number of ether oxygens (including phenoxy) is 1. The van der Waals surface area contributed by atoms with E-state index in [2.05, 4.69) is 20.5 Å². The van der Waals surface area contributed by atoms with E-state index in [1.807, 2.05) is 92.7 Å². The van der Waals surface area contributed by atoms with Crippen molar-refractivity contribution in [2.75, 3.05) is 5.32 Å². The molecule has 6 nitrogen and oxygen atoms in total. The molecular weight excluding hydrogens is 420 g/mol. The Kier molecular flexibility index (Phi) is 6.87. The molecule has 4 aromatic rings. The van der Waals surface area contributed by atoms with Gasteiger partial charge < -0.3 is 10.1 Å². The smallest absolute Gasteiger partial charge is 0.242 e. The summed E-state index contributed by atoms with van der Waals surface area (Å²) in [6.07, 6.45) is 0. The van der Waals surface area contributed by atoms with Gasteiger partial charge in [-0.1, -0.05) is 78.0 Å². The third-order valence-corrected chi connectivity index (χ3v) is 5.97. The van der Waals surface area contributed by atoms with E-state index in [-0.39, 0.29) is 12.5 Å². The van der Waals surface area contributed by atoms with Gasteiger partial charge in [0, 0.05) is 5.69 Å². The van der Waals surface area contributed by atoms with Crippen LogP contribution in [0.15, 0.2) is 84.0 Å². The van der Waals surface area contributed by atoms with Gasteiger partial charge >= 0.3 is 0 Å². The SMILES string of the molecule is Cc1ccc(NC(=O)[C@H](Sc2n[nH]c(COc3ccccc3C)n2)c2ccccc2)cc1. The van der Waals surface area contributed by atoms with Gasteiger partial charge in [0.15, 0.2) is 5.82 Å². The summed E-state index contributed by atoms with van der Waals surface area (Å²) in [6.45, 7) is 4.27. The Hall–Kier alpha value is -3.58. The second-order valence-electron chi connectivity index (χ2n) is 7.38. The highest BCUT2D eigenvalue weighted by atomic mass is 32.2. The van der Waals surface area contributed by atoms with Crippen LogP contribution in [0.4, 0.5) is 5.69 Å². The van der Waals surface area contributed by atoms with Crippen LogP contribution in [0.1, 0.15) is 27.8 Å². The first kappa shape index (κ1) is 21.6. The van der Waals surface area contributed by atoms with Crippen LogP contribution in [0.3, 0.4) is 0 Å². The predicted octanol–water partition coefficient (Wildman–Crippen LogP) is 5.47. The van der Waals surface area contributed by atoms with Gasteiger partial charge in [-0.25, -0.2) is 4.98 Å². The van der Waals surface area contributed by atoms with Gasteiger partial charge in [0.25, 0.3) is 0 Å². The molecule has 1 heterocycles. The zero-order valence-electron chi connectivity index (χ0n) is 17.9. The van der Waals surface area contributed by atoms with Crippen molar-refractivity contribution in [3.8, 4) is 5.75 Å². The zero-order valence-corrected chi connectivity index (χ0v) is 18.7. The fraction of sp³-hybridized carbons (Fsp3) is 0.160. The van der Waals surface area contributed by atoms with E-state index in [9.17, 15) is 4.79 Å². The summed E-state index contributed by atoms with van der Waals surface area (Å²) in [6, 6.07) is 25.2. The lowest BCUT2D eigenvalue weighted by Crippen LogP contribution is -2.19. The van der Waals surface area contributed by atoms with Crippen molar-refractivity contribution < 1.29 is 9.53 Å². The van der Waals surface area contributed by atoms with Gasteiger partial charge in [-0.2, -0.15) is 0 Å². The molecule has 0 spiro atoms. The number of aromatic nitrogens is 3. The molecule has 0 fully saturated rings. The second kappa shape index (κ2) is 10.2. The lowest BCUT2D eigenvalue weighted by atomic mass is 10.1.